The average Bonchev–Trinajstić information content (AvgIpc) is 2.80. The maximum absolute atomic E-state index is 11.7. The number of hydrogen-bond donors (Lipinski definition) is 0. The predicted octanol–water partition coefficient (Wildman–Crippen LogP) is 3.61. The third-order valence-corrected chi connectivity index (χ3v) is 3.19. The summed E-state index contributed by atoms with van der Waals surface area (Å²) in [4.78, 5) is 15.7. The normalized spacial score (nSPS) is 10.3. The molecule has 82 valence electrons. The summed E-state index contributed by atoms with van der Waals surface area (Å²) in [6, 6.07) is 5.39. The van der Waals surface area contributed by atoms with E-state index in [1.807, 2.05) is 11.4 Å². The number of Topliss-reactive ketones (excluding diaryl/α,β-unsaturated/α-hetero) is 1. The van der Waals surface area contributed by atoms with Crippen LogP contribution in [0.5, 0.6) is 0 Å². The Morgan fingerprint density at radius 1 is 1.38 bits per heavy atom. The first-order chi connectivity index (χ1) is 7.75. The van der Waals surface area contributed by atoms with Gasteiger partial charge in [0.25, 0.3) is 0 Å². The molecule has 0 saturated carbocycles. The minimum absolute atomic E-state index is 0.0582. The number of aromatic nitrogens is 1. The molecule has 2 aromatic heterocycles. The molecule has 0 fully saturated rings. The van der Waals surface area contributed by atoms with Gasteiger partial charge in [0.05, 0.1) is 5.02 Å². The first-order valence-corrected chi connectivity index (χ1v) is 6.23. The van der Waals surface area contributed by atoms with Crippen molar-refractivity contribution in [1.29, 1.82) is 0 Å². The molecule has 2 aromatic rings. The zero-order valence-electron chi connectivity index (χ0n) is 8.52. The minimum atomic E-state index is 0.0582. The molecule has 2 heterocycles. The van der Waals surface area contributed by atoms with Gasteiger partial charge in [0, 0.05) is 12.6 Å². The van der Waals surface area contributed by atoms with Crippen molar-refractivity contribution in [3.63, 3.8) is 0 Å². The van der Waals surface area contributed by atoms with Crippen LogP contribution in [0.15, 0.2) is 35.2 Å². The van der Waals surface area contributed by atoms with Gasteiger partial charge in [-0.2, -0.15) is 11.3 Å². The molecule has 0 aliphatic carbocycles. The fraction of sp³-hybridized carbons (Fsp3) is 0.167. The number of pyridine rings is 1. The molecule has 2 nitrogen and oxygen atoms in total. The van der Waals surface area contributed by atoms with Crippen LogP contribution in [0.25, 0.3) is 0 Å². The summed E-state index contributed by atoms with van der Waals surface area (Å²) in [5, 5.41) is 4.62. The van der Waals surface area contributed by atoms with E-state index in [4.69, 9.17) is 11.6 Å². The minimum Gasteiger partial charge on any atom is -0.292 e. The van der Waals surface area contributed by atoms with Crippen molar-refractivity contribution in [2.75, 3.05) is 0 Å². The highest BCUT2D eigenvalue weighted by Crippen LogP contribution is 2.12. The predicted molar refractivity (Wildman–Crippen MR) is 66.2 cm³/mol. The lowest BCUT2D eigenvalue weighted by Crippen LogP contribution is -2.03. The van der Waals surface area contributed by atoms with Crippen LogP contribution >= 0.6 is 22.9 Å². The average molecular weight is 252 g/mol. The molecule has 0 saturated heterocycles. The summed E-state index contributed by atoms with van der Waals surface area (Å²) < 4.78 is 0. The Hall–Kier alpha value is -1.19. The second-order valence-corrected chi connectivity index (χ2v) is 4.63. The summed E-state index contributed by atoms with van der Waals surface area (Å²) in [6.45, 7) is 0. The molecular formula is C12H10ClNOS. The molecule has 2 rings (SSSR count). The van der Waals surface area contributed by atoms with Crippen molar-refractivity contribution in [2.45, 2.75) is 12.8 Å². The smallest absolute Gasteiger partial charge is 0.181 e. The van der Waals surface area contributed by atoms with Gasteiger partial charge >= 0.3 is 0 Å². The summed E-state index contributed by atoms with van der Waals surface area (Å²) in [6.07, 6.45) is 2.76. The second kappa shape index (κ2) is 5.23. The number of nitrogens with zero attached hydrogens (tertiary/aromatic N) is 1. The largest absolute Gasteiger partial charge is 0.292 e. The number of ketones is 1. The maximum Gasteiger partial charge on any atom is 0.181 e. The van der Waals surface area contributed by atoms with Crippen LogP contribution in [-0.2, 0) is 6.42 Å². The summed E-state index contributed by atoms with van der Waals surface area (Å²) in [5.74, 6) is 0.0582. The number of rotatable bonds is 4. The monoisotopic (exact) mass is 251 g/mol. The van der Waals surface area contributed by atoms with E-state index in [-0.39, 0.29) is 5.78 Å². The van der Waals surface area contributed by atoms with E-state index in [1.54, 1.807) is 23.5 Å². The zero-order valence-corrected chi connectivity index (χ0v) is 10.1. The van der Waals surface area contributed by atoms with Gasteiger partial charge in [0.1, 0.15) is 5.69 Å². The van der Waals surface area contributed by atoms with E-state index in [1.165, 1.54) is 11.8 Å². The Bertz CT molecular complexity index is 464. The third-order valence-electron chi connectivity index (χ3n) is 2.23. The Kier molecular flexibility index (Phi) is 3.70. The first kappa shape index (κ1) is 11.3. The molecule has 0 spiro atoms. The molecule has 0 atom stereocenters. The molecule has 0 N–H and O–H groups in total. The van der Waals surface area contributed by atoms with Crippen LogP contribution in [0.1, 0.15) is 22.5 Å². The summed E-state index contributed by atoms with van der Waals surface area (Å²) in [5.41, 5.74) is 1.69. The van der Waals surface area contributed by atoms with Crippen LogP contribution in [0.2, 0.25) is 5.02 Å². The molecular weight excluding hydrogens is 242 g/mol. The number of carbonyl (C=O) groups excluding carboxylic acids is 1. The van der Waals surface area contributed by atoms with Gasteiger partial charge in [0.15, 0.2) is 5.78 Å². The molecule has 0 aromatic carbocycles. The molecule has 0 aliphatic rings. The molecule has 0 bridgehead atoms. The summed E-state index contributed by atoms with van der Waals surface area (Å²) in [7, 11) is 0. The van der Waals surface area contributed by atoms with Gasteiger partial charge in [-0.05, 0) is 40.9 Å². The van der Waals surface area contributed by atoms with E-state index < -0.39 is 0 Å². The standard InChI is InChI=1S/C12H10ClNOS/c13-10-2-3-11(14-7-10)12(15)4-1-9-5-6-16-8-9/h2-3,5-8H,1,4H2. The molecule has 16 heavy (non-hydrogen) atoms. The van der Waals surface area contributed by atoms with E-state index >= 15 is 0 Å². The maximum atomic E-state index is 11.7. The molecule has 0 unspecified atom stereocenters. The van der Waals surface area contributed by atoms with Crippen molar-refractivity contribution in [2.24, 2.45) is 0 Å². The Labute approximate surface area is 103 Å². The Balaban J connectivity index is 1.95. The van der Waals surface area contributed by atoms with Gasteiger partial charge in [-0.1, -0.05) is 11.6 Å². The first-order valence-electron chi connectivity index (χ1n) is 4.91. The number of halogens is 1. The van der Waals surface area contributed by atoms with Gasteiger partial charge in [-0.15, -0.1) is 0 Å². The Morgan fingerprint density at radius 2 is 2.25 bits per heavy atom. The number of hydrogen-bond acceptors (Lipinski definition) is 3. The second-order valence-electron chi connectivity index (χ2n) is 3.42. The molecule has 4 heteroatoms. The lowest BCUT2D eigenvalue weighted by Gasteiger charge is -1.99. The highest BCUT2D eigenvalue weighted by Gasteiger charge is 2.07. The van der Waals surface area contributed by atoms with E-state index in [0.717, 1.165) is 6.42 Å². The van der Waals surface area contributed by atoms with Gasteiger partial charge < -0.3 is 0 Å². The molecule has 0 aliphatic heterocycles. The number of carbonyl (C=O) groups is 1. The highest BCUT2D eigenvalue weighted by atomic mass is 35.5. The van der Waals surface area contributed by atoms with Gasteiger partial charge in [-0.25, -0.2) is 0 Å². The van der Waals surface area contributed by atoms with E-state index in [9.17, 15) is 4.79 Å². The molecule has 0 radical (unpaired) electrons. The van der Waals surface area contributed by atoms with Crippen molar-refractivity contribution < 1.29 is 4.79 Å². The van der Waals surface area contributed by atoms with Crippen LogP contribution in [0, 0.1) is 0 Å². The van der Waals surface area contributed by atoms with Gasteiger partial charge in [-0.3, -0.25) is 9.78 Å². The van der Waals surface area contributed by atoms with Crippen molar-refractivity contribution >= 4 is 28.7 Å². The van der Waals surface area contributed by atoms with Crippen LogP contribution in [0.3, 0.4) is 0 Å². The third kappa shape index (κ3) is 2.90. The number of aryl methyl sites for hydroxylation is 1. The van der Waals surface area contributed by atoms with Gasteiger partial charge in [0.2, 0.25) is 0 Å². The lowest BCUT2D eigenvalue weighted by atomic mass is 10.1. The van der Waals surface area contributed by atoms with Crippen LogP contribution in [-0.4, -0.2) is 10.8 Å². The van der Waals surface area contributed by atoms with Crippen LogP contribution < -0.4 is 0 Å². The van der Waals surface area contributed by atoms with E-state index in [0.29, 0.717) is 17.1 Å². The fourth-order valence-corrected chi connectivity index (χ4v) is 2.18. The Morgan fingerprint density at radius 3 is 2.88 bits per heavy atom. The lowest BCUT2D eigenvalue weighted by molar-refractivity contribution is 0.0978. The highest BCUT2D eigenvalue weighted by molar-refractivity contribution is 7.07. The zero-order chi connectivity index (χ0) is 11.4. The fourth-order valence-electron chi connectivity index (χ4n) is 1.36. The topological polar surface area (TPSA) is 30.0 Å². The molecule has 0 amide bonds. The quantitative estimate of drug-likeness (QED) is 0.777. The van der Waals surface area contributed by atoms with Crippen LogP contribution in [0.4, 0.5) is 0 Å². The SMILES string of the molecule is O=C(CCc1ccsc1)c1ccc(Cl)cn1. The van der Waals surface area contributed by atoms with E-state index in [2.05, 4.69) is 10.4 Å². The van der Waals surface area contributed by atoms with Crippen molar-refractivity contribution in [1.82, 2.24) is 4.98 Å². The number of thiophene rings is 1. The van der Waals surface area contributed by atoms with Crippen molar-refractivity contribution in [3.8, 4) is 0 Å². The summed E-state index contributed by atoms with van der Waals surface area (Å²) >= 11 is 7.35. The van der Waals surface area contributed by atoms with Crippen molar-refractivity contribution in [3.05, 3.63) is 51.4 Å².